The topological polar surface area (TPSA) is 79.5 Å². The number of amides is 3. The van der Waals surface area contributed by atoms with Crippen molar-refractivity contribution in [3.05, 3.63) is 71.4 Å². The van der Waals surface area contributed by atoms with Crippen LogP contribution < -0.4 is 20.7 Å². The summed E-state index contributed by atoms with van der Waals surface area (Å²) < 4.78 is 5.39. The molecule has 0 saturated carbocycles. The molecule has 6 heteroatoms. The number of rotatable bonds is 4. The lowest BCUT2D eigenvalue weighted by atomic mass is 9.94. The fourth-order valence-electron chi connectivity index (χ4n) is 2.85. The molecule has 1 heterocycles. The number of ether oxygens (including phenoxy) is 1. The molecule has 1 aliphatic heterocycles. The van der Waals surface area contributed by atoms with Crippen molar-refractivity contribution in [2.24, 2.45) is 0 Å². The van der Waals surface area contributed by atoms with Gasteiger partial charge in [-0.3, -0.25) is 4.79 Å². The van der Waals surface area contributed by atoms with Crippen LogP contribution in [0.15, 0.2) is 65.9 Å². The first-order valence-electron chi connectivity index (χ1n) is 7.87. The maximum absolute atomic E-state index is 12.9. The Kier molecular flexibility index (Phi) is 4.70. The zero-order valence-electron chi connectivity index (χ0n) is 14.0. The summed E-state index contributed by atoms with van der Waals surface area (Å²) in [6.45, 7) is 1.71. The van der Waals surface area contributed by atoms with E-state index in [2.05, 4.69) is 16.0 Å². The predicted molar refractivity (Wildman–Crippen MR) is 95.2 cm³/mol. The van der Waals surface area contributed by atoms with E-state index in [-0.39, 0.29) is 11.9 Å². The average molecular weight is 337 g/mol. The third-order valence-corrected chi connectivity index (χ3v) is 4.00. The van der Waals surface area contributed by atoms with Gasteiger partial charge in [-0.25, -0.2) is 4.79 Å². The third-order valence-electron chi connectivity index (χ3n) is 4.00. The fourth-order valence-corrected chi connectivity index (χ4v) is 2.85. The molecule has 3 amide bonds. The van der Waals surface area contributed by atoms with Crippen molar-refractivity contribution < 1.29 is 14.3 Å². The number of benzene rings is 2. The second-order valence-corrected chi connectivity index (χ2v) is 5.63. The molecule has 0 bridgehead atoms. The monoisotopic (exact) mass is 337 g/mol. The van der Waals surface area contributed by atoms with Crippen LogP contribution in [0.2, 0.25) is 0 Å². The third kappa shape index (κ3) is 3.47. The number of hydrogen-bond acceptors (Lipinski definition) is 3. The second-order valence-electron chi connectivity index (χ2n) is 5.63. The van der Waals surface area contributed by atoms with Crippen LogP contribution in [0.5, 0.6) is 5.75 Å². The number of para-hydroxylation sites is 2. The van der Waals surface area contributed by atoms with Crippen molar-refractivity contribution in [2.45, 2.75) is 13.0 Å². The summed E-state index contributed by atoms with van der Waals surface area (Å²) in [6, 6.07) is 15.5. The highest BCUT2D eigenvalue weighted by molar-refractivity contribution is 6.06. The Morgan fingerprint density at radius 2 is 1.76 bits per heavy atom. The van der Waals surface area contributed by atoms with E-state index in [4.69, 9.17) is 4.74 Å². The van der Waals surface area contributed by atoms with Crippen LogP contribution in [0.3, 0.4) is 0 Å². The molecule has 1 atom stereocenters. The van der Waals surface area contributed by atoms with Crippen molar-refractivity contribution in [2.75, 3.05) is 12.4 Å². The van der Waals surface area contributed by atoms with Gasteiger partial charge in [0.1, 0.15) is 5.75 Å². The fraction of sp³-hybridized carbons (Fsp3) is 0.158. The molecule has 3 N–H and O–H groups in total. The van der Waals surface area contributed by atoms with E-state index in [1.165, 1.54) is 0 Å². The summed E-state index contributed by atoms with van der Waals surface area (Å²) in [5.74, 6) is 0.319. The highest BCUT2D eigenvalue weighted by atomic mass is 16.5. The number of carbonyl (C=O) groups excluding carboxylic acids is 2. The van der Waals surface area contributed by atoms with Gasteiger partial charge in [0.25, 0.3) is 5.91 Å². The molecule has 3 rings (SSSR count). The summed E-state index contributed by atoms with van der Waals surface area (Å²) in [5, 5.41) is 8.33. The van der Waals surface area contributed by atoms with Crippen LogP contribution in [-0.2, 0) is 4.79 Å². The van der Waals surface area contributed by atoms with Gasteiger partial charge in [-0.1, -0.05) is 36.4 Å². The minimum Gasteiger partial charge on any atom is -0.496 e. The van der Waals surface area contributed by atoms with E-state index in [0.29, 0.717) is 22.7 Å². The summed E-state index contributed by atoms with van der Waals surface area (Å²) in [5.41, 5.74) is 2.35. The molecule has 2 aromatic rings. The van der Waals surface area contributed by atoms with E-state index in [0.717, 1.165) is 5.56 Å². The summed E-state index contributed by atoms with van der Waals surface area (Å²) in [7, 11) is 1.56. The molecule has 128 valence electrons. The molecule has 0 aromatic heterocycles. The van der Waals surface area contributed by atoms with Gasteiger partial charge >= 0.3 is 6.03 Å². The van der Waals surface area contributed by atoms with E-state index in [1.54, 1.807) is 32.2 Å². The van der Waals surface area contributed by atoms with Gasteiger partial charge < -0.3 is 20.7 Å². The lowest BCUT2D eigenvalue weighted by molar-refractivity contribution is -0.113. The SMILES string of the molecule is COc1ccccc1[C@@H]1NC(=O)NC(C)=C1C(=O)Nc1ccccc1. The van der Waals surface area contributed by atoms with Crippen LogP contribution in [0, 0.1) is 0 Å². The minimum absolute atomic E-state index is 0.285. The molecule has 6 nitrogen and oxygen atoms in total. The Balaban J connectivity index is 1.99. The smallest absolute Gasteiger partial charge is 0.319 e. The number of nitrogens with one attached hydrogen (secondary N) is 3. The van der Waals surface area contributed by atoms with Crippen molar-refractivity contribution in [3.8, 4) is 5.75 Å². The molecule has 0 aliphatic carbocycles. The lowest BCUT2D eigenvalue weighted by Crippen LogP contribution is -2.46. The average Bonchev–Trinajstić information content (AvgIpc) is 2.61. The van der Waals surface area contributed by atoms with E-state index >= 15 is 0 Å². The number of allylic oxidation sites excluding steroid dienone is 1. The van der Waals surface area contributed by atoms with Gasteiger partial charge in [0.15, 0.2) is 0 Å². The molecular weight excluding hydrogens is 318 g/mol. The molecule has 0 saturated heterocycles. The molecule has 2 aromatic carbocycles. The summed E-state index contributed by atoms with van der Waals surface area (Å²) in [4.78, 5) is 24.8. The molecule has 0 spiro atoms. The zero-order valence-corrected chi connectivity index (χ0v) is 14.0. The summed E-state index contributed by atoms with van der Waals surface area (Å²) >= 11 is 0. The van der Waals surface area contributed by atoms with Gasteiger partial charge in [-0.05, 0) is 25.1 Å². The maximum Gasteiger partial charge on any atom is 0.319 e. The van der Waals surface area contributed by atoms with Crippen LogP contribution in [0.1, 0.15) is 18.5 Å². The first-order valence-corrected chi connectivity index (χ1v) is 7.87. The normalized spacial score (nSPS) is 16.7. The Labute approximate surface area is 145 Å². The number of carbonyl (C=O) groups is 2. The summed E-state index contributed by atoms with van der Waals surface area (Å²) in [6.07, 6.45) is 0. The molecule has 1 aliphatic rings. The van der Waals surface area contributed by atoms with Crippen LogP contribution in [0.25, 0.3) is 0 Å². The Morgan fingerprint density at radius 3 is 2.48 bits per heavy atom. The second kappa shape index (κ2) is 7.09. The number of anilines is 1. The van der Waals surface area contributed by atoms with Gasteiger partial charge in [0.05, 0.1) is 18.7 Å². The first kappa shape index (κ1) is 16.6. The van der Waals surface area contributed by atoms with Crippen molar-refractivity contribution in [3.63, 3.8) is 0 Å². The van der Waals surface area contributed by atoms with Crippen molar-refractivity contribution in [1.82, 2.24) is 10.6 Å². The number of urea groups is 1. The Hall–Kier alpha value is -3.28. The van der Waals surface area contributed by atoms with Crippen LogP contribution >= 0.6 is 0 Å². The van der Waals surface area contributed by atoms with Crippen LogP contribution in [0.4, 0.5) is 10.5 Å². The van der Waals surface area contributed by atoms with Gasteiger partial charge in [-0.15, -0.1) is 0 Å². The maximum atomic E-state index is 12.9. The Morgan fingerprint density at radius 1 is 1.08 bits per heavy atom. The highest BCUT2D eigenvalue weighted by Crippen LogP contribution is 2.33. The molecule has 25 heavy (non-hydrogen) atoms. The highest BCUT2D eigenvalue weighted by Gasteiger charge is 2.32. The van der Waals surface area contributed by atoms with Gasteiger partial charge in [-0.2, -0.15) is 0 Å². The molecule has 0 radical (unpaired) electrons. The lowest BCUT2D eigenvalue weighted by Gasteiger charge is -2.29. The van der Waals surface area contributed by atoms with Gasteiger partial charge in [0, 0.05) is 16.9 Å². The predicted octanol–water partition coefficient (Wildman–Crippen LogP) is 2.96. The van der Waals surface area contributed by atoms with E-state index in [1.807, 2.05) is 36.4 Å². The van der Waals surface area contributed by atoms with E-state index < -0.39 is 6.04 Å². The molecule has 0 fully saturated rings. The Bertz CT molecular complexity index is 831. The number of hydrogen-bond donors (Lipinski definition) is 3. The largest absolute Gasteiger partial charge is 0.496 e. The minimum atomic E-state index is -0.603. The first-order chi connectivity index (χ1) is 12.1. The molecular formula is C19H19N3O3. The van der Waals surface area contributed by atoms with Crippen molar-refractivity contribution >= 4 is 17.6 Å². The standard InChI is InChI=1S/C19H19N3O3/c1-12-16(18(23)21-13-8-4-3-5-9-13)17(22-19(24)20-12)14-10-6-7-11-15(14)25-2/h3-11,17H,1-2H3,(H,21,23)(H2,20,22,24)/t17-/m0/s1. The van der Waals surface area contributed by atoms with E-state index in [9.17, 15) is 9.59 Å². The molecule has 0 unspecified atom stereocenters. The quantitative estimate of drug-likeness (QED) is 0.802. The van der Waals surface area contributed by atoms with Crippen molar-refractivity contribution in [1.29, 1.82) is 0 Å². The number of methoxy groups -OCH3 is 1. The van der Waals surface area contributed by atoms with Crippen LogP contribution in [-0.4, -0.2) is 19.0 Å². The zero-order chi connectivity index (χ0) is 17.8. The van der Waals surface area contributed by atoms with Gasteiger partial charge in [0.2, 0.25) is 0 Å².